The molecule has 0 unspecified atom stereocenters. The Hall–Kier alpha value is -0.900. The lowest BCUT2D eigenvalue weighted by Gasteiger charge is -2.12. The molecule has 0 saturated heterocycles. The lowest BCUT2D eigenvalue weighted by Crippen LogP contribution is -2.26. The van der Waals surface area contributed by atoms with Crippen molar-refractivity contribution in [2.45, 2.75) is 58.3 Å². The molecule has 0 amide bonds. The van der Waals surface area contributed by atoms with Gasteiger partial charge < -0.3 is 10.6 Å². The average molecular weight is 227 g/mol. The summed E-state index contributed by atoms with van der Waals surface area (Å²) in [4.78, 5) is 5.02. The predicted molar refractivity (Wildman–Crippen MR) is 65.8 cm³/mol. The molecule has 4 nitrogen and oxygen atoms in total. The molecule has 0 atom stereocenters. The Bertz CT molecular complexity index is 228. The highest BCUT2D eigenvalue weighted by atomic mass is 16.7. The quantitative estimate of drug-likeness (QED) is 0.626. The van der Waals surface area contributed by atoms with Gasteiger partial charge in [0.1, 0.15) is 0 Å². The third-order valence-electron chi connectivity index (χ3n) is 3.00. The molecule has 0 aliphatic carbocycles. The molecule has 0 aromatic rings. The van der Waals surface area contributed by atoms with Crippen molar-refractivity contribution in [1.29, 1.82) is 0 Å². The van der Waals surface area contributed by atoms with Gasteiger partial charge in [-0.3, -0.25) is 5.01 Å². The smallest absolute Gasteiger partial charge is 0.232 e. The maximum Gasteiger partial charge on any atom is 0.232 e. The van der Waals surface area contributed by atoms with Crippen LogP contribution in [0.1, 0.15) is 58.3 Å². The lowest BCUT2D eigenvalue weighted by molar-refractivity contribution is 0.0315. The van der Waals surface area contributed by atoms with Gasteiger partial charge in [-0.1, -0.05) is 51.0 Å². The van der Waals surface area contributed by atoms with Crippen molar-refractivity contribution in [2.24, 2.45) is 5.73 Å². The molecule has 3 N–H and O–H groups in total. The standard InChI is InChI=1S/C12H25N3O/c1-3-4-5-6-7-8-9-10-11-12(13)16-14-15(11)2/h14H,3-10,13H2,1-2H3. The summed E-state index contributed by atoms with van der Waals surface area (Å²) >= 11 is 0. The second-order valence-corrected chi connectivity index (χ2v) is 4.43. The van der Waals surface area contributed by atoms with Gasteiger partial charge in [-0.05, 0) is 12.8 Å². The first-order valence-corrected chi connectivity index (χ1v) is 6.40. The molecule has 0 spiro atoms. The molecule has 1 heterocycles. The van der Waals surface area contributed by atoms with Gasteiger partial charge in [0, 0.05) is 7.05 Å². The van der Waals surface area contributed by atoms with Gasteiger partial charge in [0.2, 0.25) is 5.88 Å². The van der Waals surface area contributed by atoms with E-state index in [-0.39, 0.29) is 0 Å². The fraction of sp³-hybridized carbons (Fsp3) is 0.833. The van der Waals surface area contributed by atoms with Crippen LogP contribution in [0.2, 0.25) is 0 Å². The summed E-state index contributed by atoms with van der Waals surface area (Å²) < 4.78 is 0. The molecule has 0 radical (unpaired) electrons. The molecule has 0 fully saturated rings. The zero-order valence-electron chi connectivity index (χ0n) is 10.6. The lowest BCUT2D eigenvalue weighted by atomic mass is 10.1. The van der Waals surface area contributed by atoms with Crippen LogP contribution in [-0.4, -0.2) is 12.1 Å². The minimum Gasteiger partial charge on any atom is -0.369 e. The second-order valence-electron chi connectivity index (χ2n) is 4.43. The van der Waals surface area contributed by atoms with Gasteiger partial charge in [0.05, 0.1) is 5.70 Å². The van der Waals surface area contributed by atoms with E-state index in [1.165, 1.54) is 44.9 Å². The number of hydrogen-bond donors (Lipinski definition) is 2. The van der Waals surface area contributed by atoms with Gasteiger partial charge in [0.25, 0.3) is 0 Å². The summed E-state index contributed by atoms with van der Waals surface area (Å²) in [5, 5.41) is 1.85. The third-order valence-corrected chi connectivity index (χ3v) is 3.00. The number of nitrogens with zero attached hydrogens (tertiary/aromatic N) is 1. The van der Waals surface area contributed by atoms with Crippen LogP contribution in [0.3, 0.4) is 0 Å². The Kier molecular flexibility index (Phi) is 6.08. The number of hydrogen-bond acceptors (Lipinski definition) is 4. The highest BCUT2D eigenvalue weighted by Crippen LogP contribution is 2.18. The Balaban J connectivity index is 2.01. The summed E-state index contributed by atoms with van der Waals surface area (Å²) in [7, 11) is 1.93. The molecule has 4 heteroatoms. The predicted octanol–water partition coefficient (Wildman–Crippen LogP) is 2.64. The number of nitrogens with two attached hydrogens (primary N) is 1. The molecule has 16 heavy (non-hydrogen) atoms. The number of rotatable bonds is 8. The molecule has 0 aromatic carbocycles. The van der Waals surface area contributed by atoms with Crippen molar-refractivity contribution in [2.75, 3.05) is 7.05 Å². The zero-order chi connectivity index (χ0) is 11.8. The molecular weight excluding hydrogens is 202 g/mol. The molecule has 0 saturated carbocycles. The maximum atomic E-state index is 5.70. The van der Waals surface area contributed by atoms with Gasteiger partial charge >= 0.3 is 0 Å². The highest BCUT2D eigenvalue weighted by molar-refractivity contribution is 5.05. The molecule has 1 aliphatic heterocycles. The van der Waals surface area contributed by atoms with Crippen LogP contribution in [0.4, 0.5) is 0 Å². The van der Waals surface area contributed by atoms with Gasteiger partial charge in [-0.25, -0.2) is 0 Å². The van der Waals surface area contributed by atoms with E-state index in [9.17, 15) is 0 Å². The van der Waals surface area contributed by atoms with E-state index >= 15 is 0 Å². The van der Waals surface area contributed by atoms with Crippen LogP contribution in [0, 0.1) is 0 Å². The van der Waals surface area contributed by atoms with E-state index in [1.807, 2.05) is 12.1 Å². The van der Waals surface area contributed by atoms with E-state index in [0.717, 1.165) is 12.1 Å². The Labute approximate surface area is 98.7 Å². The zero-order valence-corrected chi connectivity index (χ0v) is 10.6. The monoisotopic (exact) mass is 227 g/mol. The first-order chi connectivity index (χ1) is 7.75. The molecule has 1 rings (SSSR count). The summed E-state index contributed by atoms with van der Waals surface area (Å²) in [6.45, 7) is 2.25. The first-order valence-electron chi connectivity index (χ1n) is 6.40. The minimum atomic E-state index is 0.522. The number of unbranched alkanes of at least 4 members (excludes halogenated alkanes) is 6. The molecule has 1 aliphatic rings. The van der Waals surface area contributed by atoms with Crippen LogP contribution >= 0.6 is 0 Å². The van der Waals surface area contributed by atoms with E-state index in [0.29, 0.717) is 5.88 Å². The van der Waals surface area contributed by atoms with Gasteiger partial charge in [-0.15, -0.1) is 0 Å². The van der Waals surface area contributed by atoms with Crippen molar-refractivity contribution in [1.82, 2.24) is 10.6 Å². The van der Waals surface area contributed by atoms with Crippen LogP contribution in [0.25, 0.3) is 0 Å². The van der Waals surface area contributed by atoms with E-state index in [1.54, 1.807) is 0 Å². The average Bonchev–Trinajstić information content (AvgIpc) is 2.59. The van der Waals surface area contributed by atoms with E-state index in [2.05, 4.69) is 12.5 Å². The van der Waals surface area contributed by atoms with E-state index in [4.69, 9.17) is 10.6 Å². The van der Waals surface area contributed by atoms with Crippen molar-refractivity contribution >= 4 is 0 Å². The maximum absolute atomic E-state index is 5.70. The Morgan fingerprint density at radius 3 is 2.31 bits per heavy atom. The number of hydrazine groups is 1. The van der Waals surface area contributed by atoms with E-state index < -0.39 is 0 Å². The summed E-state index contributed by atoms with van der Waals surface area (Å²) in [5.74, 6) is 0.522. The van der Waals surface area contributed by atoms with Crippen molar-refractivity contribution in [3.05, 3.63) is 11.6 Å². The molecule has 0 aromatic heterocycles. The number of nitrogens with one attached hydrogen (secondary N) is 1. The molecular formula is C12H25N3O. The number of allylic oxidation sites excluding steroid dienone is 1. The highest BCUT2D eigenvalue weighted by Gasteiger charge is 2.17. The van der Waals surface area contributed by atoms with Gasteiger partial charge in [-0.2, -0.15) is 0 Å². The first kappa shape index (κ1) is 13.2. The summed E-state index contributed by atoms with van der Waals surface area (Å²) in [5.41, 5.74) is 9.50. The minimum absolute atomic E-state index is 0.522. The SMILES string of the molecule is CCCCCCCCCC1=C(N)ONN1C. The summed E-state index contributed by atoms with van der Waals surface area (Å²) in [6, 6.07) is 0. The fourth-order valence-electron chi connectivity index (χ4n) is 1.94. The fourth-order valence-corrected chi connectivity index (χ4v) is 1.94. The third kappa shape index (κ3) is 4.31. The van der Waals surface area contributed by atoms with Crippen molar-refractivity contribution in [3.8, 4) is 0 Å². The van der Waals surface area contributed by atoms with Crippen LogP contribution in [0.5, 0.6) is 0 Å². The van der Waals surface area contributed by atoms with Crippen LogP contribution < -0.4 is 11.3 Å². The van der Waals surface area contributed by atoms with Crippen LogP contribution in [-0.2, 0) is 4.84 Å². The van der Waals surface area contributed by atoms with Crippen molar-refractivity contribution in [3.63, 3.8) is 0 Å². The van der Waals surface area contributed by atoms with Crippen molar-refractivity contribution < 1.29 is 4.84 Å². The normalized spacial score (nSPS) is 15.8. The van der Waals surface area contributed by atoms with Crippen LogP contribution in [0.15, 0.2) is 11.6 Å². The Morgan fingerprint density at radius 2 is 1.75 bits per heavy atom. The molecule has 0 bridgehead atoms. The van der Waals surface area contributed by atoms with Gasteiger partial charge in [0.15, 0.2) is 0 Å². The molecule has 94 valence electrons. The second kappa shape index (κ2) is 7.39. The largest absolute Gasteiger partial charge is 0.369 e. The topological polar surface area (TPSA) is 50.5 Å². The Morgan fingerprint density at radius 1 is 1.12 bits per heavy atom. The summed E-state index contributed by atoms with van der Waals surface area (Å²) in [6.07, 6.45) is 10.3.